The maximum atomic E-state index is 14.5. The van der Waals surface area contributed by atoms with Gasteiger partial charge in [0.05, 0.1) is 30.6 Å². The Morgan fingerprint density at radius 3 is 2.47 bits per heavy atom. The molecule has 3 saturated heterocycles. The van der Waals surface area contributed by atoms with E-state index in [1.807, 2.05) is 11.8 Å². The summed E-state index contributed by atoms with van der Waals surface area (Å²) in [5.74, 6) is -2.05. The van der Waals surface area contributed by atoms with E-state index in [4.69, 9.17) is 4.74 Å². The van der Waals surface area contributed by atoms with E-state index in [9.17, 15) is 19.5 Å². The minimum absolute atomic E-state index is 0.0837. The number of rotatable bonds is 10. The summed E-state index contributed by atoms with van der Waals surface area (Å²) in [5.41, 5.74) is -1.11. The van der Waals surface area contributed by atoms with Crippen molar-refractivity contribution in [3.63, 3.8) is 0 Å². The van der Waals surface area contributed by atoms with Gasteiger partial charge in [0.15, 0.2) is 0 Å². The molecule has 1 N–H and O–H groups in total. The van der Waals surface area contributed by atoms with Crippen LogP contribution >= 0.6 is 15.9 Å². The largest absolute Gasteiger partial charge is 0.394 e. The van der Waals surface area contributed by atoms with Gasteiger partial charge in [0.25, 0.3) is 0 Å². The number of alkyl halides is 1. The first kappa shape index (κ1) is 27.3. The second kappa shape index (κ2) is 11.0. The lowest BCUT2D eigenvalue weighted by atomic mass is 9.70. The molecule has 4 rings (SSSR count). The highest BCUT2D eigenvalue weighted by Crippen LogP contribution is 2.61. The molecule has 4 aliphatic rings. The van der Waals surface area contributed by atoms with Gasteiger partial charge in [-0.2, -0.15) is 0 Å². The number of aliphatic hydroxyl groups is 1. The molecule has 0 aromatic carbocycles. The molecule has 3 amide bonds. The molecule has 7 atom stereocenters. The van der Waals surface area contributed by atoms with Crippen LogP contribution in [0.2, 0.25) is 0 Å². The molecule has 1 saturated carbocycles. The number of carbonyl (C=O) groups excluding carboxylic acids is 3. The molecule has 4 fully saturated rings. The van der Waals surface area contributed by atoms with E-state index in [1.165, 1.54) is 0 Å². The van der Waals surface area contributed by atoms with E-state index in [-0.39, 0.29) is 35.2 Å². The number of ether oxygens (including phenoxy) is 1. The van der Waals surface area contributed by atoms with Crippen molar-refractivity contribution in [2.24, 2.45) is 11.8 Å². The Kier molecular flexibility index (Phi) is 8.32. The van der Waals surface area contributed by atoms with Crippen LogP contribution in [-0.2, 0) is 19.1 Å². The fraction of sp³-hybridized carbons (Fsp3) is 0.741. The monoisotopic (exact) mass is 565 g/mol. The Labute approximate surface area is 222 Å². The van der Waals surface area contributed by atoms with Crippen molar-refractivity contribution in [3.05, 3.63) is 25.3 Å². The number of nitrogens with zero attached hydrogens (tertiary/aromatic N) is 3. The molecule has 0 aromatic rings. The minimum atomic E-state index is -1.11. The summed E-state index contributed by atoms with van der Waals surface area (Å²) in [6.07, 6.45) is 8.99. The second-order valence-electron chi connectivity index (χ2n) is 10.7. The summed E-state index contributed by atoms with van der Waals surface area (Å²) in [7, 11) is 1.70. The molecule has 2 bridgehead atoms. The van der Waals surface area contributed by atoms with E-state index >= 15 is 0 Å². The molecule has 3 unspecified atom stereocenters. The van der Waals surface area contributed by atoms with Crippen molar-refractivity contribution in [2.45, 2.75) is 86.5 Å². The summed E-state index contributed by atoms with van der Waals surface area (Å²) >= 11 is 3.72. The number of aliphatic hydroxyl groups excluding tert-OH is 1. The Morgan fingerprint density at radius 2 is 1.89 bits per heavy atom. The number of halogens is 1. The van der Waals surface area contributed by atoms with E-state index in [0.29, 0.717) is 25.9 Å². The van der Waals surface area contributed by atoms with Gasteiger partial charge in [-0.15, -0.1) is 13.2 Å². The van der Waals surface area contributed by atoms with E-state index in [0.717, 1.165) is 32.1 Å². The first-order chi connectivity index (χ1) is 17.3. The highest BCUT2D eigenvalue weighted by molar-refractivity contribution is 9.09. The quantitative estimate of drug-likeness (QED) is 0.324. The van der Waals surface area contributed by atoms with Crippen molar-refractivity contribution >= 4 is 33.7 Å². The van der Waals surface area contributed by atoms with Crippen LogP contribution in [0.5, 0.6) is 0 Å². The summed E-state index contributed by atoms with van der Waals surface area (Å²) in [6.45, 7) is 10.0. The fourth-order valence-corrected chi connectivity index (χ4v) is 8.02. The van der Waals surface area contributed by atoms with Crippen molar-refractivity contribution in [1.82, 2.24) is 14.7 Å². The van der Waals surface area contributed by atoms with Gasteiger partial charge in [-0.05, 0) is 25.7 Å². The van der Waals surface area contributed by atoms with Crippen LogP contribution in [0.1, 0.15) is 51.9 Å². The molecule has 3 heterocycles. The zero-order valence-corrected chi connectivity index (χ0v) is 23.1. The van der Waals surface area contributed by atoms with Crippen LogP contribution in [0.3, 0.4) is 0 Å². The summed E-state index contributed by atoms with van der Waals surface area (Å²) in [5, 5.41) is 10.2. The average Bonchev–Trinajstić information content (AvgIpc) is 3.47. The topological polar surface area (TPSA) is 90.4 Å². The Morgan fingerprint density at radius 1 is 1.22 bits per heavy atom. The molecule has 9 heteroatoms. The van der Waals surface area contributed by atoms with Crippen molar-refractivity contribution in [1.29, 1.82) is 0 Å². The van der Waals surface area contributed by atoms with Crippen LogP contribution in [0.15, 0.2) is 25.3 Å². The van der Waals surface area contributed by atoms with Crippen molar-refractivity contribution in [3.8, 4) is 0 Å². The van der Waals surface area contributed by atoms with Gasteiger partial charge < -0.3 is 24.5 Å². The standard InChI is InChI=1S/C27H40BrN3O5/c1-5-13-29(4)24(33)20-21-25(34)31(17(7-3)16-32)23(27(21)15-19(28)22(20)36-27)26(35)30(14-6-2)18-11-9-8-10-12-18/h5-6,17-23,32H,1-2,7-16H2,3-4H3/t17-,19?,20+,21-,22+,23?,27?/m0/s1. The average molecular weight is 567 g/mol. The van der Waals surface area contributed by atoms with Crippen LogP contribution in [0.25, 0.3) is 0 Å². The minimum Gasteiger partial charge on any atom is -0.394 e. The van der Waals surface area contributed by atoms with Gasteiger partial charge in [-0.1, -0.05) is 54.3 Å². The van der Waals surface area contributed by atoms with Crippen LogP contribution in [-0.4, -0.2) is 98.9 Å². The molecular formula is C27H40BrN3O5. The van der Waals surface area contributed by atoms with E-state index < -0.39 is 35.6 Å². The molecule has 0 aromatic heterocycles. The maximum absolute atomic E-state index is 14.5. The highest BCUT2D eigenvalue weighted by atomic mass is 79.9. The molecule has 36 heavy (non-hydrogen) atoms. The predicted octanol–water partition coefficient (Wildman–Crippen LogP) is 2.50. The summed E-state index contributed by atoms with van der Waals surface area (Å²) < 4.78 is 6.61. The molecule has 0 radical (unpaired) electrons. The summed E-state index contributed by atoms with van der Waals surface area (Å²) in [6, 6.07) is -1.33. The SMILES string of the molecule is C=CCN(C)C(=O)[C@H]1[C@@H]2OC3(CC2Br)C(C(=O)N(CC=C)C2CCCCC2)N([C@@H](CC)CO)C(=O)[C@H]13. The number of carbonyl (C=O) groups is 3. The maximum Gasteiger partial charge on any atom is 0.248 e. The lowest BCUT2D eigenvalue weighted by Crippen LogP contribution is -2.60. The van der Waals surface area contributed by atoms with Gasteiger partial charge in [0.1, 0.15) is 11.6 Å². The number of likely N-dealkylation sites (N-methyl/N-ethyl adjacent to an activating group) is 1. The Hall–Kier alpha value is -1.71. The van der Waals surface area contributed by atoms with Gasteiger partial charge in [0, 0.05) is 31.0 Å². The van der Waals surface area contributed by atoms with Crippen LogP contribution in [0.4, 0.5) is 0 Å². The van der Waals surface area contributed by atoms with Crippen LogP contribution in [0, 0.1) is 11.8 Å². The fourth-order valence-electron chi connectivity index (χ4n) is 7.08. The third kappa shape index (κ3) is 4.25. The van der Waals surface area contributed by atoms with Gasteiger partial charge in [-0.25, -0.2) is 0 Å². The van der Waals surface area contributed by atoms with Crippen molar-refractivity contribution in [2.75, 3.05) is 26.7 Å². The Balaban J connectivity index is 1.78. The first-order valence-corrected chi connectivity index (χ1v) is 14.2. The third-order valence-electron chi connectivity index (χ3n) is 8.73. The lowest BCUT2D eigenvalue weighted by Gasteiger charge is -2.42. The predicted molar refractivity (Wildman–Crippen MR) is 140 cm³/mol. The van der Waals surface area contributed by atoms with E-state index in [2.05, 4.69) is 29.1 Å². The van der Waals surface area contributed by atoms with E-state index in [1.54, 1.807) is 29.0 Å². The molecule has 1 spiro atoms. The van der Waals surface area contributed by atoms with Gasteiger partial charge in [0.2, 0.25) is 17.7 Å². The van der Waals surface area contributed by atoms with Gasteiger partial charge >= 0.3 is 0 Å². The molecule has 3 aliphatic heterocycles. The smallest absolute Gasteiger partial charge is 0.248 e. The molecule has 200 valence electrons. The van der Waals surface area contributed by atoms with Crippen LogP contribution < -0.4 is 0 Å². The molecule has 8 nitrogen and oxygen atoms in total. The second-order valence-corrected chi connectivity index (χ2v) is 11.9. The zero-order valence-electron chi connectivity index (χ0n) is 21.5. The van der Waals surface area contributed by atoms with Gasteiger partial charge in [-0.3, -0.25) is 14.4 Å². The van der Waals surface area contributed by atoms with Crippen molar-refractivity contribution < 1.29 is 24.2 Å². The number of likely N-dealkylation sites (tertiary alicyclic amines) is 1. The number of amides is 3. The third-order valence-corrected chi connectivity index (χ3v) is 9.57. The Bertz CT molecular complexity index is 889. The first-order valence-electron chi connectivity index (χ1n) is 13.3. The number of hydrogen-bond donors (Lipinski definition) is 1. The number of fused-ring (bicyclic) bond motifs is 1. The normalized spacial score (nSPS) is 34.4. The summed E-state index contributed by atoms with van der Waals surface area (Å²) in [4.78, 5) is 47.0. The lowest BCUT2D eigenvalue weighted by molar-refractivity contribution is -0.153. The zero-order chi connectivity index (χ0) is 26.2. The number of hydrogen-bond acceptors (Lipinski definition) is 5. The molecular weight excluding hydrogens is 526 g/mol. The molecule has 1 aliphatic carbocycles. The highest BCUT2D eigenvalue weighted by Gasteiger charge is 2.77.